The van der Waals surface area contributed by atoms with E-state index in [4.69, 9.17) is 0 Å². The minimum atomic E-state index is 0.808. The molecular weight excluding hydrogens is 182 g/mol. The summed E-state index contributed by atoms with van der Waals surface area (Å²) in [5.41, 5.74) is 1.27. The minimum absolute atomic E-state index is 0.808. The third-order valence-corrected chi connectivity index (χ3v) is 2.35. The van der Waals surface area contributed by atoms with Gasteiger partial charge in [0.2, 0.25) is 0 Å². The Labute approximate surface area is 80.5 Å². The van der Waals surface area contributed by atoms with Gasteiger partial charge in [-0.15, -0.1) is 0 Å². The second-order valence-corrected chi connectivity index (χ2v) is 3.36. The summed E-state index contributed by atoms with van der Waals surface area (Å²) in [6.07, 6.45) is 5.05. The summed E-state index contributed by atoms with van der Waals surface area (Å²) in [6, 6.07) is 2.09. The molecule has 0 radical (unpaired) electrons. The van der Waals surface area contributed by atoms with Crippen molar-refractivity contribution in [1.29, 1.82) is 0 Å². The third-order valence-electron chi connectivity index (χ3n) is 1.62. The molecule has 2 aromatic heterocycles. The normalized spacial score (nSPS) is 9.85. The number of nitrogens with zero attached hydrogens (tertiary/aromatic N) is 2. The molecule has 2 heterocycles. The molecule has 2 rings (SSSR count). The Morgan fingerprint density at radius 1 is 1.38 bits per heavy atom. The second kappa shape index (κ2) is 4.00. The van der Waals surface area contributed by atoms with Crippen LogP contribution in [0.15, 0.2) is 35.4 Å². The van der Waals surface area contributed by atoms with Crippen LogP contribution in [0.5, 0.6) is 0 Å². The van der Waals surface area contributed by atoms with Crippen LogP contribution in [0.1, 0.15) is 5.56 Å². The van der Waals surface area contributed by atoms with Crippen LogP contribution in [0.4, 0.5) is 5.82 Å². The number of thiophene rings is 1. The number of nitrogens with one attached hydrogen (secondary N) is 1. The molecule has 0 unspecified atom stereocenters. The summed E-state index contributed by atoms with van der Waals surface area (Å²) in [7, 11) is 0. The molecule has 0 saturated carbocycles. The largest absolute Gasteiger partial charge is 0.365 e. The maximum Gasteiger partial charge on any atom is 0.144 e. The average Bonchev–Trinajstić information content (AvgIpc) is 2.69. The molecule has 0 aliphatic carbocycles. The van der Waals surface area contributed by atoms with Gasteiger partial charge < -0.3 is 5.32 Å². The molecule has 0 aliphatic heterocycles. The van der Waals surface area contributed by atoms with Crippen molar-refractivity contribution in [3.63, 3.8) is 0 Å². The molecule has 0 saturated heterocycles. The smallest absolute Gasteiger partial charge is 0.144 e. The van der Waals surface area contributed by atoms with Gasteiger partial charge in [-0.25, -0.2) is 4.98 Å². The van der Waals surface area contributed by atoms with Crippen molar-refractivity contribution >= 4 is 17.2 Å². The monoisotopic (exact) mass is 191 g/mol. The maximum absolute atomic E-state index is 4.11. The molecule has 0 spiro atoms. The fraction of sp³-hybridized carbons (Fsp3) is 0.111. The predicted molar refractivity (Wildman–Crippen MR) is 53.7 cm³/mol. The zero-order valence-corrected chi connectivity index (χ0v) is 7.79. The van der Waals surface area contributed by atoms with E-state index in [1.807, 2.05) is 0 Å². The highest BCUT2D eigenvalue weighted by Crippen LogP contribution is 2.07. The lowest BCUT2D eigenvalue weighted by Gasteiger charge is -2.01. The Morgan fingerprint density at radius 2 is 2.38 bits per heavy atom. The number of hydrogen-bond donors (Lipinski definition) is 1. The van der Waals surface area contributed by atoms with Crippen molar-refractivity contribution in [1.82, 2.24) is 9.97 Å². The molecule has 66 valence electrons. The fourth-order valence-corrected chi connectivity index (χ4v) is 1.64. The van der Waals surface area contributed by atoms with Gasteiger partial charge in [0.15, 0.2) is 0 Å². The van der Waals surface area contributed by atoms with Crippen molar-refractivity contribution < 1.29 is 0 Å². The van der Waals surface area contributed by atoms with Gasteiger partial charge in [-0.05, 0) is 22.4 Å². The summed E-state index contributed by atoms with van der Waals surface area (Å²) in [5, 5.41) is 7.36. The van der Waals surface area contributed by atoms with Crippen LogP contribution in [0, 0.1) is 0 Å². The van der Waals surface area contributed by atoms with Gasteiger partial charge in [-0.2, -0.15) is 11.3 Å². The van der Waals surface area contributed by atoms with Gasteiger partial charge in [0.05, 0.1) is 6.20 Å². The average molecular weight is 191 g/mol. The van der Waals surface area contributed by atoms with Gasteiger partial charge in [0.25, 0.3) is 0 Å². The van der Waals surface area contributed by atoms with E-state index in [9.17, 15) is 0 Å². The Hall–Kier alpha value is -1.42. The van der Waals surface area contributed by atoms with Crippen LogP contribution in [-0.4, -0.2) is 9.97 Å². The standard InChI is InChI=1S/C9H9N3S/c1-4-13-7-8(1)5-12-9-6-10-2-3-11-9/h1-4,6-7H,5H2,(H,11,12). The van der Waals surface area contributed by atoms with E-state index >= 15 is 0 Å². The van der Waals surface area contributed by atoms with E-state index in [0.717, 1.165) is 12.4 Å². The summed E-state index contributed by atoms with van der Waals surface area (Å²) in [5.74, 6) is 0.814. The zero-order valence-electron chi connectivity index (χ0n) is 6.97. The summed E-state index contributed by atoms with van der Waals surface area (Å²) in [4.78, 5) is 8.07. The number of rotatable bonds is 3. The van der Waals surface area contributed by atoms with Crippen LogP contribution in [0.2, 0.25) is 0 Å². The maximum atomic E-state index is 4.11. The second-order valence-electron chi connectivity index (χ2n) is 2.58. The summed E-state index contributed by atoms with van der Waals surface area (Å²) >= 11 is 1.70. The molecule has 0 bridgehead atoms. The molecule has 0 atom stereocenters. The van der Waals surface area contributed by atoms with Crippen LogP contribution < -0.4 is 5.32 Å². The number of anilines is 1. The Morgan fingerprint density at radius 3 is 3.08 bits per heavy atom. The first-order chi connectivity index (χ1) is 6.45. The highest BCUT2D eigenvalue weighted by atomic mass is 32.1. The first kappa shape index (κ1) is 8.19. The molecule has 0 amide bonds. The van der Waals surface area contributed by atoms with Crippen molar-refractivity contribution in [2.45, 2.75) is 6.54 Å². The minimum Gasteiger partial charge on any atom is -0.365 e. The quantitative estimate of drug-likeness (QED) is 0.807. The lowest BCUT2D eigenvalue weighted by molar-refractivity contribution is 1.09. The third kappa shape index (κ3) is 2.26. The Kier molecular flexibility index (Phi) is 2.52. The Bertz CT molecular complexity index is 344. The van der Waals surface area contributed by atoms with E-state index in [1.54, 1.807) is 29.9 Å². The van der Waals surface area contributed by atoms with Gasteiger partial charge >= 0.3 is 0 Å². The van der Waals surface area contributed by atoms with Crippen molar-refractivity contribution in [3.8, 4) is 0 Å². The van der Waals surface area contributed by atoms with Crippen molar-refractivity contribution in [2.75, 3.05) is 5.32 Å². The van der Waals surface area contributed by atoms with Gasteiger partial charge in [0, 0.05) is 18.9 Å². The van der Waals surface area contributed by atoms with Crippen LogP contribution in [0.25, 0.3) is 0 Å². The van der Waals surface area contributed by atoms with Crippen LogP contribution in [0.3, 0.4) is 0 Å². The van der Waals surface area contributed by atoms with Crippen molar-refractivity contribution in [2.24, 2.45) is 0 Å². The number of aromatic nitrogens is 2. The van der Waals surface area contributed by atoms with E-state index in [2.05, 4.69) is 32.1 Å². The molecule has 1 N–H and O–H groups in total. The first-order valence-electron chi connectivity index (χ1n) is 3.96. The number of hydrogen-bond acceptors (Lipinski definition) is 4. The zero-order chi connectivity index (χ0) is 8.93. The molecule has 13 heavy (non-hydrogen) atoms. The molecular formula is C9H9N3S. The lowest BCUT2D eigenvalue weighted by Crippen LogP contribution is -1.99. The Balaban J connectivity index is 1.94. The molecule has 4 heteroatoms. The molecule has 0 aliphatic rings. The van der Waals surface area contributed by atoms with Crippen LogP contribution in [-0.2, 0) is 6.54 Å². The van der Waals surface area contributed by atoms with Gasteiger partial charge in [-0.1, -0.05) is 0 Å². The SMILES string of the molecule is c1cnc(NCc2ccsc2)cn1. The highest BCUT2D eigenvalue weighted by molar-refractivity contribution is 7.07. The van der Waals surface area contributed by atoms with Crippen LogP contribution >= 0.6 is 11.3 Å². The van der Waals surface area contributed by atoms with E-state index < -0.39 is 0 Å². The summed E-state index contributed by atoms with van der Waals surface area (Å²) < 4.78 is 0. The molecule has 0 fully saturated rings. The van der Waals surface area contributed by atoms with Gasteiger partial charge in [-0.3, -0.25) is 4.98 Å². The van der Waals surface area contributed by atoms with E-state index in [0.29, 0.717) is 0 Å². The molecule has 0 aromatic carbocycles. The van der Waals surface area contributed by atoms with E-state index in [1.165, 1.54) is 5.56 Å². The fourth-order valence-electron chi connectivity index (χ4n) is 0.976. The highest BCUT2D eigenvalue weighted by Gasteiger charge is 1.93. The van der Waals surface area contributed by atoms with Gasteiger partial charge in [0.1, 0.15) is 5.82 Å². The lowest BCUT2D eigenvalue weighted by atomic mass is 10.3. The van der Waals surface area contributed by atoms with Crippen molar-refractivity contribution in [3.05, 3.63) is 41.0 Å². The predicted octanol–water partition coefficient (Wildman–Crippen LogP) is 2.15. The molecule has 3 nitrogen and oxygen atoms in total. The van der Waals surface area contributed by atoms with E-state index in [-0.39, 0.29) is 0 Å². The summed E-state index contributed by atoms with van der Waals surface area (Å²) in [6.45, 7) is 0.808. The first-order valence-corrected chi connectivity index (χ1v) is 4.90. The molecule has 2 aromatic rings. The topological polar surface area (TPSA) is 37.8 Å².